The van der Waals surface area contributed by atoms with Crippen LogP contribution in [0.25, 0.3) is 0 Å². The minimum Gasteiger partial charge on any atom is -0.490 e. The Morgan fingerprint density at radius 1 is 0.677 bits per heavy atom. The summed E-state index contributed by atoms with van der Waals surface area (Å²) in [5.41, 5.74) is 2.72. The van der Waals surface area contributed by atoms with Crippen LogP contribution in [0.5, 0.6) is 11.5 Å². The molecule has 0 saturated carbocycles. The first-order chi connectivity index (χ1) is 15.3. The van der Waals surface area contributed by atoms with Gasteiger partial charge in [0.05, 0.1) is 12.6 Å². The van der Waals surface area contributed by atoms with Gasteiger partial charge >= 0.3 is 0 Å². The molecule has 0 unspecified atom stereocenters. The molecule has 1 aliphatic heterocycles. The fraction of sp³-hybridized carbons (Fsp3) is 0.333. The highest BCUT2D eigenvalue weighted by Crippen LogP contribution is 2.29. The summed E-state index contributed by atoms with van der Waals surface area (Å²) in [7, 11) is 0. The highest BCUT2D eigenvalue weighted by molar-refractivity contribution is 5.39. The van der Waals surface area contributed by atoms with Crippen molar-refractivity contribution in [1.82, 2.24) is 9.80 Å². The lowest BCUT2D eigenvalue weighted by Crippen LogP contribution is -2.48. The Labute approximate surface area is 186 Å². The number of rotatable bonds is 9. The van der Waals surface area contributed by atoms with Gasteiger partial charge in [-0.25, -0.2) is 0 Å². The highest BCUT2D eigenvalue weighted by atomic mass is 16.5. The maximum absolute atomic E-state index is 6.03. The maximum Gasteiger partial charge on any atom is 0.161 e. The normalized spacial score (nSPS) is 15.2. The van der Waals surface area contributed by atoms with Gasteiger partial charge in [-0.3, -0.25) is 9.80 Å². The van der Waals surface area contributed by atoms with Gasteiger partial charge < -0.3 is 9.47 Å². The standard InChI is InChI=1S/C27H32N2O2/c1-2-30-25-15-9-10-16-26(25)31-22-21-28-17-19-29(20-18-28)27(23-11-5-3-6-12-23)24-13-7-4-8-14-24/h3-16,27H,2,17-22H2,1H3. The van der Waals surface area contributed by atoms with Crippen LogP contribution in [0.4, 0.5) is 0 Å². The van der Waals surface area contributed by atoms with Crippen molar-refractivity contribution in [3.8, 4) is 11.5 Å². The molecule has 0 radical (unpaired) electrons. The molecular weight excluding hydrogens is 384 g/mol. The Balaban J connectivity index is 1.33. The largest absolute Gasteiger partial charge is 0.490 e. The van der Waals surface area contributed by atoms with Gasteiger partial charge in [-0.15, -0.1) is 0 Å². The van der Waals surface area contributed by atoms with E-state index in [0.29, 0.717) is 19.3 Å². The lowest BCUT2D eigenvalue weighted by atomic mass is 9.96. The molecule has 4 heteroatoms. The Morgan fingerprint density at radius 2 is 1.19 bits per heavy atom. The first kappa shape index (κ1) is 21.4. The second-order valence-electron chi connectivity index (χ2n) is 7.83. The minimum absolute atomic E-state index is 0.305. The van der Waals surface area contributed by atoms with Crippen molar-refractivity contribution >= 4 is 0 Å². The molecule has 0 amide bonds. The topological polar surface area (TPSA) is 24.9 Å². The second-order valence-corrected chi connectivity index (χ2v) is 7.83. The molecule has 0 bridgehead atoms. The zero-order valence-corrected chi connectivity index (χ0v) is 18.3. The van der Waals surface area contributed by atoms with Crippen LogP contribution in [-0.2, 0) is 0 Å². The van der Waals surface area contributed by atoms with Crippen LogP contribution in [0.1, 0.15) is 24.1 Å². The van der Waals surface area contributed by atoms with Gasteiger partial charge in [-0.05, 0) is 30.2 Å². The number of ether oxygens (including phenoxy) is 2. The van der Waals surface area contributed by atoms with Gasteiger partial charge in [0.15, 0.2) is 11.5 Å². The predicted octanol–water partition coefficient (Wildman–Crippen LogP) is 4.87. The fourth-order valence-corrected chi connectivity index (χ4v) is 4.26. The molecule has 0 N–H and O–H groups in total. The molecule has 0 aromatic heterocycles. The molecule has 0 aliphatic carbocycles. The fourth-order valence-electron chi connectivity index (χ4n) is 4.26. The molecule has 0 atom stereocenters. The molecular formula is C27H32N2O2. The van der Waals surface area contributed by atoms with Crippen molar-refractivity contribution in [2.24, 2.45) is 0 Å². The summed E-state index contributed by atoms with van der Waals surface area (Å²) in [6.07, 6.45) is 0. The number of benzene rings is 3. The van der Waals surface area contributed by atoms with Gasteiger partial charge in [0, 0.05) is 32.7 Å². The molecule has 162 valence electrons. The summed E-state index contributed by atoms with van der Waals surface area (Å²) in [6.45, 7) is 8.43. The first-order valence-electron chi connectivity index (χ1n) is 11.3. The molecule has 4 rings (SSSR count). The SMILES string of the molecule is CCOc1ccccc1OCCN1CCN(C(c2ccccc2)c2ccccc2)CC1. The van der Waals surface area contributed by atoms with Gasteiger partial charge in [-0.1, -0.05) is 72.8 Å². The number of piperazine rings is 1. The van der Waals surface area contributed by atoms with E-state index in [2.05, 4.69) is 70.5 Å². The number of hydrogen-bond acceptors (Lipinski definition) is 4. The van der Waals surface area contributed by atoms with Crippen molar-refractivity contribution in [3.63, 3.8) is 0 Å². The van der Waals surface area contributed by atoms with E-state index in [1.165, 1.54) is 11.1 Å². The molecule has 1 heterocycles. The monoisotopic (exact) mass is 416 g/mol. The van der Waals surface area contributed by atoms with E-state index in [1.807, 2.05) is 31.2 Å². The molecule has 4 nitrogen and oxygen atoms in total. The first-order valence-corrected chi connectivity index (χ1v) is 11.3. The van der Waals surface area contributed by atoms with Crippen LogP contribution in [0.15, 0.2) is 84.9 Å². The van der Waals surface area contributed by atoms with E-state index in [-0.39, 0.29) is 0 Å². The molecule has 1 fully saturated rings. The van der Waals surface area contributed by atoms with E-state index < -0.39 is 0 Å². The summed E-state index contributed by atoms with van der Waals surface area (Å²) in [6, 6.07) is 29.9. The highest BCUT2D eigenvalue weighted by Gasteiger charge is 2.26. The molecule has 3 aromatic rings. The van der Waals surface area contributed by atoms with Crippen LogP contribution in [-0.4, -0.2) is 55.7 Å². The second kappa shape index (κ2) is 11.0. The third-order valence-corrected chi connectivity index (χ3v) is 5.82. The van der Waals surface area contributed by atoms with E-state index >= 15 is 0 Å². The van der Waals surface area contributed by atoms with Crippen molar-refractivity contribution in [2.75, 3.05) is 45.9 Å². The smallest absolute Gasteiger partial charge is 0.161 e. The third kappa shape index (κ3) is 5.66. The summed E-state index contributed by atoms with van der Waals surface area (Å²) in [5.74, 6) is 1.65. The van der Waals surface area contributed by atoms with Gasteiger partial charge in [0.25, 0.3) is 0 Å². The average molecular weight is 417 g/mol. The Hall–Kier alpha value is -2.82. The van der Waals surface area contributed by atoms with Gasteiger partial charge in [0.2, 0.25) is 0 Å². The van der Waals surface area contributed by atoms with Gasteiger partial charge in [-0.2, -0.15) is 0 Å². The van der Waals surface area contributed by atoms with Crippen molar-refractivity contribution in [2.45, 2.75) is 13.0 Å². The number of hydrogen-bond donors (Lipinski definition) is 0. The van der Waals surface area contributed by atoms with Crippen molar-refractivity contribution in [1.29, 1.82) is 0 Å². The lowest BCUT2D eigenvalue weighted by Gasteiger charge is -2.39. The predicted molar refractivity (Wildman–Crippen MR) is 126 cm³/mol. The molecule has 1 saturated heterocycles. The zero-order chi connectivity index (χ0) is 21.3. The summed E-state index contributed by atoms with van der Waals surface area (Å²) in [4.78, 5) is 5.10. The maximum atomic E-state index is 6.03. The summed E-state index contributed by atoms with van der Waals surface area (Å²) < 4.78 is 11.7. The summed E-state index contributed by atoms with van der Waals surface area (Å²) in [5, 5.41) is 0. The number of nitrogens with zero attached hydrogens (tertiary/aromatic N) is 2. The van der Waals surface area contributed by atoms with E-state index in [4.69, 9.17) is 9.47 Å². The zero-order valence-electron chi connectivity index (χ0n) is 18.3. The van der Waals surface area contributed by atoms with E-state index in [1.54, 1.807) is 0 Å². The van der Waals surface area contributed by atoms with Crippen LogP contribution >= 0.6 is 0 Å². The Bertz CT molecular complexity index is 869. The molecule has 1 aliphatic rings. The summed E-state index contributed by atoms with van der Waals surface area (Å²) >= 11 is 0. The molecule has 3 aromatic carbocycles. The van der Waals surface area contributed by atoms with E-state index in [9.17, 15) is 0 Å². The molecule has 0 spiro atoms. The third-order valence-electron chi connectivity index (χ3n) is 5.82. The average Bonchev–Trinajstić information content (AvgIpc) is 2.83. The minimum atomic E-state index is 0.305. The van der Waals surface area contributed by atoms with Crippen LogP contribution in [0.3, 0.4) is 0 Å². The van der Waals surface area contributed by atoms with Crippen LogP contribution in [0.2, 0.25) is 0 Å². The quantitative estimate of drug-likeness (QED) is 0.497. The van der Waals surface area contributed by atoms with Crippen molar-refractivity contribution < 1.29 is 9.47 Å². The Morgan fingerprint density at radius 3 is 1.74 bits per heavy atom. The van der Waals surface area contributed by atoms with Crippen LogP contribution in [0, 0.1) is 0 Å². The molecule has 31 heavy (non-hydrogen) atoms. The van der Waals surface area contributed by atoms with Gasteiger partial charge in [0.1, 0.15) is 6.61 Å². The van der Waals surface area contributed by atoms with E-state index in [0.717, 1.165) is 44.2 Å². The lowest BCUT2D eigenvalue weighted by molar-refractivity contribution is 0.0971. The van der Waals surface area contributed by atoms with Crippen molar-refractivity contribution in [3.05, 3.63) is 96.1 Å². The Kier molecular flexibility index (Phi) is 7.59. The number of para-hydroxylation sites is 2. The van der Waals surface area contributed by atoms with Crippen LogP contribution < -0.4 is 9.47 Å².